The lowest BCUT2D eigenvalue weighted by molar-refractivity contribution is 0.256. The summed E-state index contributed by atoms with van der Waals surface area (Å²) in [6.07, 6.45) is 0. The molecular weight excluding hydrogens is 288 g/mol. The van der Waals surface area contributed by atoms with Gasteiger partial charge in [-0.05, 0) is 30.3 Å². The number of imidazole rings is 1. The predicted octanol–water partition coefficient (Wildman–Crippen LogP) is 1.10. The molecule has 2 aromatic carbocycles. The van der Waals surface area contributed by atoms with E-state index < -0.39 is 16.8 Å². The molecule has 1 aromatic heterocycles. The highest BCUT2D eigenvalue weighted by molar-refractivity contribution is 7.85. The molecule has 1 atom stereocenters. The highest BCUT2D eigenvalue weighted by atomic mass is 32.2. The van der Waals surface area contributed by atoms with Crippen molar-refractivity contribution < 1.29 is 9.00 Å². The number of aromatic amines is 1. The lowest BCUT2D eigenvalue weighted by atomic mass is 10.3. The lowest BCUT2D eigenvalue weighted by Crippen LogP contribution is -2.21. The Hall–Kier alpha value is -2.67. The van der Waals surface area contributed by atoms with Gasteiger partial charge in [-0.25, -0.2) is 14.0 Å². The molecule has 0 bridgehead atoms. The quantitative estimate of drug-likeness (QED) is 0.768. The van der Waals surface area contributed by atoms with Crippen molar-refractivity contribution >= 4 is 27.9 Å². The molecule has 0 aliphatic carbocycles. The number of amides is 2. The predicted molar refractivity (Wildman–Crippen MR) is 74.9 cm³/mol. The minimum absolute atomic E-state index is 0.373. The molecule has 0 spiro atoms. The van der Waals surface area contributed by atoms with Crippen molar-refractivity contribution in [3.63, 3.8) is 0 Å². The van der Waals surface area contributed by atoms with Gasteiger partial charge in [0.1, 0.15) is 10.8 Å². The topological polar surface area (TPSA) is 87.5 Å². The van der Waals surface area contributed by atoms with E-state index in [0.29, 0.717) is 20.8 Å². The zero-order valence-electron chi connectivity index (χ0n) is 10.6. The maximum atomic E-state index is 12.6. The minimum atomic E-state index is -1.46. The second-order valence-corrected chi connectivity index (χ2v) is 5.88. The van der Waals surface area contributed by atoms with Gasteiger partial charge in [-0.15, -0.1) is 0 Å². The molecule has 1 N–H and O–H groups in total. The fourth-order valence-corrected chi connectivity index (χ4v) is 3.18. The summed E-state index contributed by atoms with van der Waals surface area (Å²) >= 11 is 0. The molecule has 0 radical (unpaired) electrons. The molecule has 1 aliphatic rings. The Morgan fingerprint density at radius 2 is 1.81 bits per heavy atom. The van der Waals surface area contributed by atoms with Crippen LogP contribution >= 0.6 is 0 Å². The highest BCUT2D eigenvalue weighted by Gasteiger charge is 2.14. The summed E-state index contributed by atoms with van der Waals surface area (Å²) in [6, 6.07) is 11.9. The van der Waals surface area contributed by atoms with Crippen molar-refractivity contribution in [3.8, 4) is 0 Å². The number of carbonyl (C=O) groups is 1. The standard InChI is InChI=1S/C14H8N4O2S/c19-13-15-11-6-5-8(7-12(11)16-13)21(20)14-17-9-3-1-2-4-10(9)18-14/h1-7H,(H,17,18). The molecule has 0 fully saturated rings. The molecule has 0 saturated carbocycles. The van der Waals surface area contributed by atoms with Crippen molar-refractivity contribution in [1.82, 2.24) is 9.97 Å². The number of rotatable bonds is 2. The van der Waals surface area contributed by atoms with E-state index in [1.807, 2.05) is 24.3 Å². The first-order valence-corrected chi connectivity index (χ1v) is 7.34. The summed E-state index contributed by atoms with van der Waals surface area (Å²) in [5.74, 6) is 0. The Morgan fingerprint density at radius 1 is 1.00 bits per heavy atom. The van der Waals surface area contributed by atoms with Crippen LogP contribution in [0, 0.1) is 0 Å². The molecule has 2 amide bonds. The maximum Gasteiger partial charge on any atom is 0.368 e. The molecule has 4 rings (SSSR count). The molecular formula is C14H8N4O2S. The number of benzene rings is 2. The molecule has 3 aromatic rings. The van der Waals surface area contributed by atoms with Crippen LogP contribution in [0.3, 0.4) is 0 Å². The van der Waals surface area contributed by atoms with Crippen LogP contribution in [-0.4, -0.2) is 20.2 Å². The number of hydrogen-bond donors (Lipinski definition) is 1. The summed E-state index contributed by atoms with van der Waals surface area (Å²) in [5, 5.41) is 1.32. The molecule has 0 saturated heterocycles. The van der Waals surface area contributed by atoms with Gasteiger partial charge in [0.15, 0.2) is 0 Å². The molecule has 7 heteroatoms. The SMILES string of the molecule is O=C1N=c2ccc(S(=O)c3nc4ccccc4[nH]3)cc2=N1. The largest absolute Gasteiger partial charge is 0.368 e. The molecule has 102 valence electrons. The number of nitrogens with one attached hydrogen (secondary N) is 1. The first-order valence-electron chi connectivity index (χ1n) is 6.19. The van der Waals surface area contributed by atoms with Gasteiger partial charge in [-0.2, -0.15) is 9.98 Å². The Kier molecular flexibility index (Phi) is 2.55. The van der Waals surface area contributed by atoms with Crippen molar-refractivity contribution in [2.24, 2.45) is 9.98 Å². The summed E-state index contributed by atoms with van der Waals surface area (Å²) in [6.45, 7) is 0. The number of hydrogen-bond acceptors (Lipinski definition) is 3. The zero-order valence-corrected chi connectivity index (χ0v) is 11.4. The van der Waals surface area contributed by atoms with Gasteiger partial charge in [-0.3, -0.25) is 0 Å². The highest BCUT2D eigenvalue weighted by Crippen LogP contribution is 2.16. The second-order valence-electron chi connectivity index (χ2n) is 4.48. The van der Waals surface area contributed by atoms with Gasteiger partial charge >= 0.3 is 6.03 Å². The van der Waals surface area contributed by atoms with E-state index in [2.05, 4.69) is 20.0 Å². The van der Waals surface area contributed by atoms with E-state index in [4.69, 9.17) is 0 Å². The fourth-order valence-electron chi connectivity index (χ4n) is 2.16. The smallest absolute Gasteiger partial charge is 0.331 e. The van der Waals surface area contributed by atoms with Crippen LogP contribution in [0.2, 0.25) is 0 Å². The fraction of sp³-hybridized carbons (Fsp3) is 0. The number of H-pyrrole nitrogens is 1. The first-order chi connectivity index (χ1) is 10.2. The van der Waals surface area contributed by atoms with Gasteiger partial charge in [-0.1, -0.05) is 12.1 Å². The minimum Gasteiger partial charge on any atom is -0.331 e. The first kappa shape index (κ1) is 12.1. The number of aromatic nitrogens is 2. The Morgan fingerprint density at radius 3 is 2.67 bits per heavy atom. The number of para-hydroxylation sites is 2. The van der Waals surface area contributed by atoms with E-state index in [0.717, 1.165) is 11.0 Å². The van der Waals surface area contributed by atoms with Crippen LogP contribution in [0.5, 0.6) is 0 Å². The van der Waals surface area contributed by atoms with Crippen molar-refractivity contribution in [3.05, 3.63) is 53.2 Å². The van der Waals surface area contributed by atoms with E-state index in [1.54, 1.807) is 18.2 Å². The van der Waals surface area contributed by atoms with Crippen LogP contribution in [-0.2, 0) is 10.8 Å². The molecule has 21 heavy (non-hydrogen) atoms. The van der Waals surface area contributed by atoms with Gasteiger partial charge < -0.3 is 4.98 Å². The third-order valence-electron chi connectivity index (χ3n) is 3.14. The summed E-state index contributed by atoms with van der Waals surface area (Å²) in [4.78, 5) is 26.5. The van der Waals surface area contributed by atoms with Crippen molar-refractivity contribution in [1.29, 1.82) is 0 Å². The third kappa shape index (κ3) is 1.98. The average Bonchev–Trinajstić information content (AvgIpc) is 3.07. The van der Waals surface area contributed by atoms with Crippen LogP contribution < -0.4 is 10.7 Å². The monoisotopic (exact) mass is 296 g/mol. The number of fused-ring (bicyclic) bond motifs is 2. The van der Waals surface area contributed by atoms with E-state index in [9.17, 15) is 9.00 Å². The maximum absolute atomic E-state index is 12.6. The number of urea groups is 1. The van der Waals surface area contributed by atoms with E-state index in [1.165, 1.54) is 0 Å². The van der Waals surface area contributed by atoms with Gasteiger partial charge in [0, 0.05) is 4.90 Å². The summed E-state index contributed by atoms with van der Waals surface area (Å²) < 4.78 is 12.6. The third-order valence-corrected chi connectivity index (χ3v) is 4.36. The van der Waals surface area contributed by atoms with Crippen LogP contribution in [0.15, 0.2) is 62.5 Å². The Bertz CT molecular complexity index is 1010. The van der Waals surface area contributed by atoms with Gasteiger partial charge in [0.2, 0.25) is 5.16 Å². The number of nitrogens with zero attached hydrogens (tertiary/aromatic N) is 3. The van der Waals surface area contributed by atoms with E-state index >= 15 is 0 Å². The Labute approximate surface area is 120 Å². The second kappa shape index (κ2) is 4.42. The normalized spacial score (nSPS) is 14.6. The zero-order chi connectivity index (χ0) is 14.4. The van der Waals surface area contributed by atoms with Crippen molar-refractivity contribution in [2.45, 2.75) is 10.1 Å². The molecule has 1 aliphatic heterocycles. The molecule has 1 unspecified atom stereocenters. The number of carbonyl (C=O) groups excluding carboxylic acids is 1. The van der Waals surface area contributed by atoms with Gasteiger partial charge in [0.05, 0.1) is 21.7 Å². The molecule has 6 nitrogen and oxygen atoms in total. The Balaban J connectivity index is 1.82. The lowest BCUT2D eigenvalue weighted by Gasteiger charge is -1.97. The summed E-state index contributed by atoms with van der Waals surface area (Å²) in [7, 11) is -1.46. The van der Waals surface area contributed by atoms with Gasteiger partial charge in [0.25, 0.3) is 0 Å². The average molecular weight is 296 g/mol. The summed E-state index contributed by atoms with van der Waals surface area (Å²) in [5.41, 5.74) is 1.59. The van der Waals surface area contributed by atoms with Crippen LogP contribution in [0.25, 0.3) is 11.0 Å². The molecule has 2 heterocycles. The van der Waals surface area contributed by atoms with Crippen molar-refractivity contribution in [2.75, 3.05) is 0 Å². The van der Waals surface area contributed by atoms with E-state index in [-0.39, 0.29) is 0 Å². The van der Waals surface area contributed by atoms with Crippen LogP contribution in [0.1, 0.15) is 0 Å². The van der Waals surface area contributed by atoms with Crippen LogP contribution in [0.4, 0.5) is 4.79 Å².